The van der Waals surface area contributed by atoms with Crippen LogP contribution >= 0.6 is 12.2 Å². The molecule has 0 radical (unpaired) electrons. The molecule has 0 saturated heterocycles. The van der Waals surface area contributed by atoms with E-state index in [1.165, 1.54) is 4.90 Å². The predicted molar refractivity (Wildman–Crippen MR) is 84.2 cm³/mol. The second kappa shape index (κ2) is 5.06. The third-order valence-electron chi connectivity index (χ3n) is 3.31. The SMILES string of the molecule is NC(=O)c1ccc(N2C(=O)C3C=CC=CC3=NC2=S)cc1. The molecule has 21 heavy (non-hydrogen) atoms. The predicted octanol–water partition coefficient (Wildman–Crippen LogP) is 1.60. The average molecular weight is 297 g/mol. The van der Waals surface area contributed by atoms with Crippen molar-refractivity contribution in [2.24, 2.45) is 16.6 Å². The molecular weight excluding hydrogens is 286 g/mol. The Balaban J connectivity index is 1.98. The topological polar surface area (TPSA) is 75.8 Å². The molecule has 1 aliphatic carbocycles. The smallest absolute Gasteiger partial charge is 0.248 e. The lowest BCUT2D eigenvalue weighted by molar-refractivity contribution is -0.118. The van der Waals surface area contributed by atoms with Crippen LogP contribution in [0, 0.1) is 5.92 Å². The van der Waals surface area contributed by atoms with E-state index in [-0.39, 0.29) is 11.0 Å². The van der Waals surface area contributed by atoms with Crippen molar-refractivity contribution >= 4 is 40.5 Å². The summed E-state index contributed by atoms with van der Waals surface area (Å²) in [5, 5.41) is 0.193. The Morgan fingerprint density at radius 3 is 2.62 bits per heavy atom. The lowest BCUT2D eigenvalue weighted by Crippen LogP contribution is -2.46. The third-order valence-corrected chi connectivity index (χ3v) is 3.59. The van der Waals surface area contributed by atoms with Gasteiger partial charge in [0.15, 0.2) is 0 Å². The fourth-order valence-corrected chi connectivity index (χ4v) is 2.55. The number of thiocarbonyl (C=S) groups is 1. The summed E-state index contributed by atoms with van der Waals surface area (Å²) in [7, 11) is 0. The van der Waals surface area contributed by atoms with Gasteiger partial charge in [0.05, 0.1) is 17.3 Å². The number of fused-ring (bicyclic) bond motifs is 1. The standard InChI is InChI=1S/C15H11N3O2S/c16-13(19)9-5-7-10(8-6-9)18-14(20)11-3-1-2-4-12(11)17-15(18)21/h1-8,11H,(H2,16,19). The molecule has 1 aromatic rings. The van der Waals surface area contributed by atoms with Gasteiger partial charge in [-0.05, 0) is 42.6 Å². The van der Waals surface area contributed by atoms with E-state index in [1.807, 2.05) is 12.2 Å². The molecule has 0 spiro atoms. The number of hydrogen-bond acceptors (Lipinski definition) is 3. The number of benzene rings is 1. The van der Waals surface area contributed by atoms with Crippen molar-refractivity contribution in [2.45, 2.75) is 0 Å². The van der Waals surface area contributed by atoms with Gasteiger partial charge in [0.1, 0.15) is 0 Å². The number of nitrogens with zero attached hydrogens (tertiary/aromatic N) is 2. The van der Waals surface area contributed by atoms with Gasteiger partial charge in [-0.25, -0.2) is 4.99 Å². The average Bonchev–Trinajstić information content (AvgIpc) is 2.48. The van der Waals surface area contributed by atoms with Crippen molar-refractivity contribution in [3.05, 3.63) is 54.1 Å². The molecule has 2 N–H and O–H groups in total. The fourth-order valence-electron chi connectivity index (χ4n) is 2.25. The highest BCUT2D eigenvalue weighted by molar-refractivity contribution is 7.80. The normalized spacial score (nSPS) is 20.3. The number of amides is 2. The second-order valence-corrected chi connectivity index (χ2v) is 4.99. The summed E-state index contributed by atoms with van der Waals surface area (Å²) in [5.74, 6) is -1.09. The van der Waals surface area contributed by atoms with E-state index in [0.29, 0.717) is 17.0 Å². The van der Waals surface area contributed by atoms with Crippen LogP contribution in [-0.4, -0.2) is 22.6 Å². The highest BCUT2D eigenvalue weighted by Gasteiger charge is 2.34. The highest BCUT2D eigenvalue weighted by atomic mass is 32.1. The van der Waals surface area contributed by atoms with E-state index in [1.54, 1.807) is 36.4 Å². The van der Waals surface area contributed by atoms with Crippen LogP contribution in [0.15, 0.2) is 53.6 Å². The highest BCUT2D eigenvalue weighted by Crippen LogP contribution is 2.25. The van der Waals surface area contributed by atoms with Crippen molar-refractivity contribution in [1.29, 1.82) is 0 Å². The van der Waals surface area contributed by atoms with E-state index in [0.717, 1.165) is 0 Å². The molecule has 3 rings (SSSR count). The van der Waals surface area contributed by atoms with Crippen LogP contribution in [0.4, 0.5) is 5.69 Å². The monoisotopic (exact) mass is 297 g/mol. The van der Waals surface area contributed by atoms with Crippen molar-refractivity contribution < 1.29 is 9.59 Å². The zero-order chi connectivity index (χ0) is 15.0. The first kappa shape index (κ1) is 13.4. The molecule has 1 atom stereocenters. The van der Waals surface area contributed by atoms with Crippen LogP contribution in [0.25, 0.3) is 0 Å². The molecule has 2 aliphatic rings. The molecule has 1 heterocycles. The molecule has 1 aromatic carbocycles. The Morgan fingerprint density at radius 1 is 1.24 bits per heavy atom. The van der Waals surface area contributed by atoms with Gasteiger partial charge in [0.2, 0.25) is 16.9 Å². The first-order valence-corrected chi connectivity index (χ1v) is 6.70. The Hall–Kier alpha value is -2.60. The van der Waals surface area contributed by atoms with Gasteiger partial charge < -0.3 is 5.73 Å². The Labute approximate surface area is 126 Å². The number of rotatable bonds is 2. The van der Waals surface area contributed by atoms with Crippen molar-refractivity contribution in [3.8, 4) is 0 Å². The van der Waals surface area contributed by atoms with Crippen LogP contribution in [0.5, 0.6) is 0 Å². The van der Waals surface area contributed by atoms with Crippen LogP contribution < -0.4 is 10.6 Å². The minimum Gasteiger partial charge on any atom is -0.366 e. The Kier molecular flexibility index (Phi) is 3.23. The maximum Gasteiger partial charge on any atom is 0.248 e. The molecule has 2 amide bonds. The summed E-state index contributed by atoms with van der Waals surface area (Å²) in [5.41, 5.74) is 6.79. The summed E-state index contributed by atoms with van der Waals surface area (Å²) in [6.07, 6.45) is 7.20. The largest absolute Gasteiger partial charge is 0.366 e. The van der Waals surface area contributed by atoms with Gasteiger partial charge in [0.25, 0.3) is 0 Å². The van der Waals surface area contributed by atoms with Gasteiger partial charge >= 0.3 is 0 Å². The Morgan fingerprint density at radius 2 is 1.95 bits per heavy atom. The molecule has 1 aliphatic heterocycles. The first-order chi connectivity index (χ1) is 10.1. The van der Waals surface area contributed by atoms with Crippen molar-refractivity contribution in [2.75, 3.05) is 4.90 Å². The number of carbonyl (C=O) groups is 2. The van der Waals surface area contributed by atoms with Gasteiger partial charge in [-0.1, -0.05) is 18.2 Å². The number of hydrogen-bond donors (Lipinski definition) is 1. The minimum absolute atomic E-state index is 0.155. The number of aliphatic imine (C=N–C) groups is 1. The number of nitrogens with two attached hydrogens (primary N) is 1. The van der Waals surface area contributed by atoms with E-state index in [2.05, 4.69) is 4.99 Å². The van der Waals surface area contributed by atoms with E-state index >= 15 is 0 Å². The molecule has 6 heteroatoms. The summed E-state index contributed by atoms with van der Waals surface area (Å²) in [4.78, 5) is 29.3. The summed E-state index contributed by atoms with van der Waals surface area (Å²) in [6.45, 7) is 0. The van der Waals surface area contributed by atoms with Crippen LogP contribution in [0.1, 0.15) is 10.4 Å². The number of primary amides is 1. The Bertz CT molecular complexity index is 732. The van der Waals surface area contributed by atoms with Crippen molar-refractivity contribution in [1.82, 2.24) is 0 Å². The van der Waals surface area contributed by atoms with Gasteiger partial charge in [0, 0.05) is 5.56 Å². The fraction of sp³-hybridized carbons (Fsp3) is 0.0667. The molecule has 0 fully saturated rings. The molecule has 0 saturated carbocycles. The first-order valence-electron chi connectivity index (χ1n) is 6.29. The number of anilines is 1. The number of allylic oxidation sites excluding steroid dienone is 3. The summed E-state index contributed by atoms with van der Waals surface area (Å²) >= 11 is 5.21. The molecular formula is C15H11N3O2S. The maximum atomic E-state index is 12.6. The van der Waals surface area contributed by atoms with E-state index < -0.39 is 11.8 Å². The zero-order valence-corrected chi connectivity index (χ0v) is 11.7. The summed E-state index contributed by atoms with van der Waals surface area (Å²) < 4.78 is 0. The van der Waals surface area contributed by atoms with E-state index in [9.17, 15) is 9.59 Å². The van der Waals surface area contributed by atoms with E-state index in [4.69, 9.17) is 18.0 Å². The van der Waals surface area contributed by atoms with Crippen LogP contribution in [0.2, 0.25) is 0 Å². The van der Waals surface area contributed by atoms with Crippen molar-refractivity contribution in [3.63, 3.8) is 0 Å². The maximum absolute atomic E-state index is 12.6. The molecule has 1 unspecified atom stereocenters. The lowest BCUT2D eigenvalue weighted by atomic mass is 9.95. The van der Waals surface area contributed by atoms with Crippen LogP contribution in [-0.2, 0) is 4.79 Å². The second-order valence-electron chi connectivity index (χ2n) is 4.63. The van der Waals surface area contributed by atoms with Gasteiger partial charge in [-0.2, -0.15) is 0 Å². The lowest BCUT2D eigenvalue weighted by Gasteiger charge is -2.30. The quantitative estimate of drug-likeness (QED) is 0.842. The van der Waals surface area contributed by atoms with Gasteiger partial charge in [-0.3, -0.25) is 14.5 Å². The zero-order valence-electron chi connectivity index (χ0n) is 10.9. The molecule has 0 bridgehead atoms. The summed E-state index contributed by atoms with van der Waals surface area (Å²) in [6, 6.07) is 6.38. The minimum atomic E-state index is -0.519. The number of carbonyl (C=O) groups excluding carboxylic acids is 2. The molecule has 104 valence electrons. The van der Waals surface area contributed by atoms with Crippen LogP contribution in [0.3, 0.4) is 0 Å². The molecule has 5 nitrogen and oxygen atoms in total. The molecule has 0 aromatic heterocycles. The van der Waals surface area contributed by atoms with Gasteiger partial charge in [-0.15, -0.1) is 0 Å². The third kappa shape index (κ3) is 2.30.